The Kier molecular flexibility index (Phi) is 6.28. The molecule has 1 aromatic heterocycles. The van der Waals surface area contributed by atoms with Crippen molar-refractivity contribution in [3.8, 4) is 0 Å². The number of rotatable bonds is 6. The Morgan fingerprint density at radius 3 is 2.59 bits per heavy atom. The van der Waals surface area contributed by atoms with Crippen LogP contribution < -0.4 is 0 Å². The molecule has 1 amide bonds. The van der Waals surface area contributed by atoms with Crippen LogP contribution in [-0.4, -0.2) is 27.6 Å². The Morgan fingerprint density at radius 1 is 1.27 bits per heavy atom. The number of carbonyl (C=O) groups excluding carboxylic acids is 1. The van der Waals surface area contributed by atoms with Gasteiger partial charge in [0.05, 0.1) is 15.3 Å². The molecule has 3 nitrogen and oxygen atoms in total. The van der Waals surface area contributed by atoms with Crippen LogP contribution in [0, 0.1) is 0 Å². The molecule has 0 aliphatic heterocycles. The van der Waals surface area contributed by atoms with Crippen molar-refractivity contribution in [2.24, 2.45) is 0 Å². The van der Waals surface area contributed by atoms with E-state index in [1.807, 2.05) is 55.1 Å². The molecule has 0 N–H and O–H groups in total. The standard InChI is InChI=1S/C17H19ClN2OS/c1-3-20(12-14-7-5-4-6-8-14)17(21)13(2)22-16-10-9-15(18)11-19-16/h4-11,13H,3,12H2,1-2H3. The number of aromatic nitrogens is 1. The molecule has 22 heavy (non-hydrogen) atoms. The van der Waals surface area contributed by atoms with Crippen LogP contribution in [0.15, 0.2) is 53.7 Å². The molecule has 2 aromatic rings. The fourth-order valence-electron chi connectivity index (χ4n) is 2.07. The van der Waals surface area contributed by atoms with E-state index < -0.39 is 0 Å². The van der Waals surface area contributed by atoms with Crippen molar-refractivity contribution in [3.05, 3.63) is 59.2 Å². The van der Waals surface area contributed by atoms with Crippen LogP contribution >= 0.6 is 23.4 Å². The molecular weight excluding hydrogens is 316 g/mol. The van der Waals surface area contributed by atoms with E-state index in [0.29, 0.717) is 18.1 Å². The number of halogens is 1. The largest absolute Gasteiger partial charge is 0.338 e. The third-order valence-corrected chi connectivity index (χ3v) is 4.52. The molecule has 0 saturated carbocycles. The monoisotopic (exact) mass is 334 g/mol. The fraction of sp³-hybridized carbons (Fsp3) is 0.294. The van der Waals surface area contributed by atoms with Gasteiger partial charge in [-0.15, -0.1) is 0 Å². The third kappa shape index (κ3) is 4.75. The van der Waals surface area contributed by atoms with Gasteiger partial charge < -0.3 is 4.90 Å². The van der Waals surface area contributed by atoms with Gasteiger partial charge in [-0.05, 0) is 31.5 Å². The minimum absolute atomic E-state index is 0.119. The lowest BCUT2D eigenvalue weighted by atomic mass is 10.2. The topological polar surface area (TPSA) is 33.2 Å². The lowest BCUT2D eigenvalue weighted by molar-refractivity contribution is -0.130. The van der Waals surface area contributed by atoms with Gasteiger partial charge in [0.2, 0.25) is 5.91 Å². The number of thioether (sulfide) groups is 1. The lowest BCUT2D eigenvalue weighted by Gasteiger charge is -2.24. The molecule has 0 bridgehead atoms. The predicted octanol–water partition coefficient (Wildman–Crippen LogP) is 4.26. The highest BCUT2D eigenvalue weighted by molar-refractivity contribution is 8.00. The van der Waals surface area contributed by atoms with E-state index >= 15 is 0 Å². The molecule has 1 unspecified atom stereocenters. The summed E-state index contributed by atoms with van der Waals surface area (Å²) < 4.78 is 0. The Labute approximate surface area is 140 Å². The highest BCUT2D eigenvalue weighted by atomic mass is 35.5. The van der Waals surface area contributed by atoms with Crippen LogP contribution in [-0.2, 0) is 11.3 Å². The van der Waals surface area contributed by atoms with E-state index in [4.69, 9.17) is 11.6 Å². The summed E-state index contributed by atoms with van der Waals surface area (Å²) in [5, 5.41) is 1.22. The van der Waals surface area contributed by atoms with Crippen molar-refractivity contribution in [2.45, 2.75) is 30.7 Å². The fourth-order valence-corrected chi connectivity index (χ4v) is 3.05. The predicted molar refractivity (Wildman–Crippen MR) is 92.1 cm³/mol. The number of hydrogen-bond acceptors (Lipinski definition) is 3. The maximum atomic E-state index is 12.6. The molecule has 1 atom stereocenters. The zero-order valence-electron chi connectivity index (χ0n) is 12.7. The smallest absolute Gasteiger partial charge is 0.236 e. The summed E-state index contributed by atoms with van der Waals surface area (Å²) in [5.74, 6) is 0.119. The van der Waals surface area contributed by atoms with E-state index in [2.05, 4.69) is 4.98 Å². The molecule has 2 rings (SSSR count). The molecule has 5 heteroatoms. The molecule has 0 aliphatic rings. The maximum absolute atomic E-state index is 12.6. The Morgan fingerprint density at radius 2 is 2.00 bits per heavy atom. The van der Waals surface area contributed by atoms with Crippen LogP contribution in [0.5, 0.6) is 0 Å². The van der Waals surface area contributed by atoms with Gasteiger partial charge in [0.15, 0.2) is 0 Å². The second kappa shape index (κ2) is 8.20. The van der Waals surface area contributed by atoms with E-state index in [0.717, 1.165) is 10.6 Å². The normalized spacial score (nSPS) is 12.0. The highest BCUT2D eigenvalue weighted by Gasteiger charge is 2.21. The summed E-state index contributed by atoms with van der Waals surface area (Å²) in [6, 6.07) is 13.7. The van der Waals surface area contributed by atoms with Crippen molar-refractivity contribution >= 4 is 29.3 Å². The average Bonchev–Trinajstić information content (AvgIpc) is 2.55. The second-order valence-corrected chi connectivity index (χ2v) is 6.71. The molecule has 116 valence electrons. The van der Waals surface area contributed by atoms with Gasteiger partial charge >= 0.3 is 0 Å². The molecule has 1 heterocycles. The average molecular weight is 335 g/mol. The minimum atomic E-state index is -0.183. The highest BCUT2D eigenvalue weighted by Crippen LogP contribution is 2.24. The van der Waals surface area contributed by atoms with Gasteiger partial charge in [-0.2, -0.15) is 0 Å². The number of carbonyl (C=O) groups is 1. The zero-order chi connectivity index (χ0) is 15.9. The van der Waals surface area contributed by atoms with Crippen LogP contribution in [0.25, 0.3) is 0 Å². The summed E-state index contributed by atoms with van der Waals surface area (Å²) in [6.45, 7) is 5.23. The van der Waals surface area contributed by atoms with Crippen molar-refractivity contribution in [3.63, 3.8) is 0 Å². The van der Waals surface area contributed by atoms with Gasteiger partial charge in [-0.1, -0.05) is 53.7 Å². The van der Waals surface area contributed by atoms with Crippen LogP contribution in [0.2, 0.25) is 5.02 Å². The molecule has 1 aromatic carbocycles. The first-order valence-electron chi connectivity index (χ1n) is 7.21. The van der Waals surface area contributed by atoms with Crippen molar-refractivity contribution in [2.75, 3.05) is 6.54 Å². The molecular formula is C17H19ClN2OS. The first-order chi connectivity index (χ1) is 10.6. The quantitative estimate of drug-likeness (QED) is 0.740. The number of nitrogens with zero attached hydrogens (tertiary/aromatic N) is 2. The van der Waals surface area contributed by atoms with Crippen molar-refractivity contribution < 1.29 is 4.79 Å². The Bertz CT molecular complexity index is 604. The number of amides is 1. The van der Waals surface area contributed by atoms with Gasteiger partial charge in [-0.3, -0.25) is 4.79 Å². The van der Waals surface area contributed by atoms with Crippen LogP contribution in [0.3, 0.4) is 0 Å². The van der Waals surface area contributed by atoms with E-state index in [9.17, 15) is 4.79 Å². The molecule has 0 spiro atoms. The summed E-state index contributed by atoms with van der Waals surface area (Å²) >= 11 is 7.28. The first-order valence-corrected chi connectivity index (χ1v) is 8.47. The second-order valence-electron chi connectivity index (χ2n) is 4.91. The first kappa shape index (κ1) is 16.8. The molecule has 0 fully saturated rings. The van der Waals surface area contributed by atoms with Crippen molar-refractivity contribution in [1.82, 2.24) is 9.88 Å². The van der Waals surface area contributed by atoms with Crippen LogP contribution in [0.4, 0.5) is 0 Å². The third-order valence-electron chi connectivity index (χ3n) is 3.26. The van der Waals surface area contributed by atoms with Crippen molar-refractivity contribution in [1.29, 1.82) is 0 Å². The number of benzene rings is 1. The summed E-state index contributed by atoms with van der Waals surface area (Å²) in [5.41, 5.74) is 1.14. The van der Waals surface area contributed by atoms with Gasteiger partial charge in [0, 0.05) is 19.3 Å². The van der Waals surface area contributed by atoms with E-state index in [1.54, 1.807) is 12.3 Å². The minimum Gasteiger partial charge on any atom is -0.338 e. The van der Waals surface area contributed by atoms with Gasteiger partial charge in [0.25, 0.3) is 0 Å². The number of hydrogen-bond donors (Lipinski definition) is 0. The van der Waals surface area contributed by atoms with E-state index in [-0.39, 0.29) is 11.2 Å². The molecule has 0 saturated heterocycles. The number of pyridine rings is 1. The molecule has 0 aliphatic carbocycles. The van der Waals surface area contributed by atoms with E-state index in [1.165, 1.54) is 11.8 Å². The zero-order valence-corrected chi connectivity index (χ0v) is 14.3. The Balaban J connectivity index is 1.99. The van der Waals surface area contributed by atoms with Gasteiger partial charge in [-0.25, -0.2) is 4.98 Å². The summed E-state index contributed by atoms with van der Waals surface area (Å²) in [6.07, 6.45) is 1.60. The summed E-state index contributed by atoms with van der Waals surface area (Å²) in [4.78, 5) is 18.7. The Hall–Kier alpha value is -1.52. The lowest BCUT2D eigenvalue weighted by Crippen LogP contribution is -2.35. The SMILES string of the molecule is CCN(Cc1ccccc1)C(=O)C(C)Sc1ccc(Cl)cn1. The van der Waals surface area contributed by atoms with Gasteiger partial charge in [0.1, 0.15) is 0 Å². The summed E-state index contributed by atoms with van der Waals surface area (Å²) in [7, 11) is 0. The molecule has 0 radical (unpaired) electrons. The maximum Gasteiger partial charge on any atom is 0.236 e. The van der Waals surface area contributed by atoms with Crippen LogP contribution in [0.1, 0.15) is 19.4 Å².